The molecule has 0 spiro atoms. The van der Waals surface area contributed by atoms with Gasteiger partial charge >= 0.3 is 0 Å². The smallest absolute Gasteiger partial charge is 0.159 e. The van der Waals surface area contributed by atoms with Crippen LogP contribution in [0.4, 0.5) is 0 Å². The van der Waals surface area contributed by atoms with Crippen molar-refractivity contribution in [2.75, 3.05) is 0 Å². The van der Waals surface area contributed by atoms with Crippen molar-refractivity contribution >= 4 is 5.78 Å². The highest BCUT2D eigenvalue weighted by Gasteiger charge is 1.92. The van der Waals surface area contributed by atoms with Crippen LogP contribution < -0.4 is 0 Å². The number of carbonyl (C=O) groups is 1. The summed E-state index contributed by atoms with van der Waals surface area (Å²) in [6.45, 7) is 17.6. The third kappa shape index (κ3) is 20.9. The van der Waals surface area contributed by atoms with Gasteiger partial charge in [-0.05, 0) is 6.92 Å². The van der Waals surface area contributed by atoms with Crippen LogP contribution >= 0.6 is 0 Å². The Morgan fingerprint density at radius 3 is 1.18 bits per heavy atom. The van der Waals surface area contributed by atoms with Crippen molar-refractivity contribution in [3.05, 3.63) is 35.9 Å². The molecule has 0 heterocycles. The number of Topliss-reactive ketones (excluding diaryl/α,β-unsaturated/α-hetero) is 1. The van der Waals surface area contributed by atoms with E-state index in [9.17, 15) is 4.79 Å². The Kier molecular flexibility index (Phi) is 43.1. The van der Waals surface area contributed by atoms with Crippen LogP contribution in [-0.4, -0.2) is 5.78 Å². The molecule has 0 fully saturated rings. The summed E-state index contributed by atoms with van der Waals surface area (Å²) >= 11 is 0. The lowest BCUT2D eigenvalue weighted by Crippen LogP contribution is -1.88. The van der Waals surface area contributed by atoms with Gasteiger partial charge in [0.15, 0.2) is 5.78 Å². The Morgan fingerprint density at radius 1 is 0.706 bits per heavy atom. The molecular weight excluding hydrogens is 208 g/mol. The summed E-state index contributed by atoms with van der Waals surface area (Å²) in [6.07, 6.45) is 0. The fourth-order valence-electron chi connectivity index (χ4n) is 0.673. The lowest BCUT2D eigenvalue weighted by molar-refractivity contribution is 0.101. The second-order valence-electron chi connectivity index (χ2n) is 1.92. The largest absolute Gasteiger partial charge is 0.295 e. The van der Waals surface area contributed by atoms with Gasteiger partial charge in [-0.15, -0.1) is 0 Å². The molecule has 0 aliphatic carbocycles. The maximum Gasteiger partial charge on any atom is 0.159 e. The van der Waals surface area contributed by atoms with Gasteiger partial charge in [0, 0.05) is 5.56 Å². The SMILES string of the molecule is CC.CC.CC.CC.CC(=O)c1ccccc1. The van der Waals surface area contributed by atoms with Crippen molar-refractivity contribution in [2.45, 2.75) is 62.3 Å². The molecular formula is C16H32O. The van der Waals surface area contributed by atoms with Gasteiger partial charge in [-0.2, -0.15) is 0 Å². The van der Waals surface area contributed by atoms with E-state index in [0.717, 1.165) is 5.56 Å². The Morgan fingerprint density at radius 2 is 1.00 bits per heavy atom. The number of rotatable bonds is 1. The van der Waals surface area contributed by atoms with E-state index in [1.807, 2.05) is 85.7 Å². The number of hydrogen-bond acceptors (Lipinski definition) is 1. The molecule has 0 saturated carbocycles. The molecule has 0 radical (unpaired) electrons. The van der Waals surface area contributed by atoms with E-state index in [1.165, 1.54) is 0 Å². The number of carbonyl (C=O) groups excluding carboxylic acids is 1. The van der Waals surface area contributed by atoms with Gasteiger partial charge < -0.3 is 0 Å². The first-order chi connectivity index (χ1) is 8.30. The topological polar surface area (TPSA) is 17.1 Å². The Hall–Kier alpha value is -1.11. The van der Waals surface area contributed by atoms with Gasteiger partial charge in [-0.3, -0.25) is 4.79 Å². The first kappa shape index (κ1) is 24.9. The average Bonchev–Trinajstić information content (AvgIpc) is 2.48. The molecule has 0 aliphatic rings. The highest BCUT2D eigenvalue weighted by molar-refractivity contribution is 5.93. The van der Waals surface area contributed by atoms with Crippen LogP contribution in [0.3, 0.4) is 0 Å². The van der Waals surface area contributed by atoms with Crippen molar-refractivity contribution < 1.29 is 4.79 Å². The predicted molar refractivity (Wildman–Crippen MR) is 81.8 cm³/mol. The van der Waals surface area contributed by atoms with E-state index in [-0.39, 0.29) is 5.78 Å². The minimum atomic E-state index is 0.121. The average molecular weight is 240 g/mol. The van der Waals surface area contributed by atoms with E-state index < -0.39 is 0 Å². The third-order valence-electron chi connectivity index (χ3n) is 1.18. The zero-order valence-corrected chi connectivity index (χ0v) is 13.3. The van der Waals surface area contributed by atoms with Crippen LogP contribution in [0.1, 0.15) is 72.7 Å². The van der Waals surface area contributed by atoms with Crippen LogP contribution in [0.15, 0.2) is 30.3 Å². The summed E-state index contributed by atoms with van der Waals surface area (Å²) in [5.41, 5.74) is 0.775. The van der Waals surface area contributed by atoms with Crippen LogP contribution in [0.25, 0.3) is 0 Å². The summed E-state index contributed by atoms with van der Waals surface area (Å²) in [5.74, 6) is 0.121. The Bertz CT molecular complexity index is 202. The van der Waals surface area contributed by atoms with Crippen LogP contribution in [-0.2, 0) is 0 Å². The summed E-state index contributed by atoms with van der Waals surface area (Å²) in [7, 11) is 0. The zero-order valence-electron chi connectivity index (χ0n) is 13.3. The van der Waals surface area contributed by atoms with E-state index in [0.29, 0.717) is 0 Å². The molecule has 1 aromatic rings. The first-order valence-electron chi connectivity index (χ1n) is 6.86. The molecule has 1 aromatic carbocycles. The van der Waals surface area contributed by atoms with Gasteiger partial charge in [-0.25, -0.2) is 0 Å². The molecule has 1 rings (SSSR count). The molecule has 0 unspecified atom stereocenters. The van der Waals surface area contributed by atoms with Crippen molar-refractivity contribution in [1.29, 1.82) is 0 Å². The molecule has 0 bridgehead atoms. The summed E-state index contributed by atoms with van der Waals surface area (Å²) < 4.78 is 0. The molecule has 17 heavy (non-hydrogen) atoms. The number of benzene rings is 1. The molecule has 0 amide bonds. The predicted octanol–water partition coefficient (Wildman–Crippen LogP) is 5.99. The molecule has 0 N–H and O–H groups in total. The molecule has 102 valence electrons. The van der Waals surface area contributed by atoms with Gasteiger partial charge in [0.1, 0.15) is 0 Å². The highest BCUT2D eigenvalue weighted by atomic mass is 16.1. The van der Waals surface area contributed by atoms with Crippen molar-refractivity contribution in [3.8, 4) is 0 Å². The quantitative estimate of drug-likeness (QED) is 0.551. The van der Waals surface area contributed by atoms with Crippen molar-refractivity contribution in [1.82, 2.24) is 0 Å². The maximum atomic E-state index is 10.6. The fraction of sp³-hybridized carbons (Fsp3) is 0.562. The second kappa shape index (κ2) is 29.4. The fourth-order valence-corrected chi connectivity index (χ4v) is 0.673. The summed E-state index contributed by atoms with van der Waals surface area (Å²) in [5, 5.41) is 0. The van der Waals surface area contributed by atoms with Crippen LogP contribution in [0, 0.1) is 0 Å². The third-order valence-corrected chi connectivity index (χ3v) is 1.18. The minimum absolute atomic E-state index is 0.121. The van der Waals surface area contributed by atoms with Crippen molar-refractivity contribution in [3.63, 3.8) is 0 Å². The molecule has 0 atom stereocenters. The Balaban J connectivity index is -0.0000000905. The van der Waals surface area contributed by atoms with E-state index in [1.54, 1.807) is 6.92 Å². The molecule has 0 aromatic heterocycles. The maximum absolute atomic E-state index is 10.6. The zero-order chi connectivity index (χ0) is 14.7. The Labute approximate surface area is 109 Å². The molecule has 0 saturated heterocycles. The molecule has 1 nitrogen and oxygen atoms in total. The lowest BCUT2D eigenvalue weighted by atomic mass is 10.2. The first-order valence-corrected chi connectivity index (χ1v) is 6.86. The van der Waals surface area contributed by atoms with Crippen LogP contribution in [0.5, 0.6) is 0 Å². The normalized spacial score (nSPS) is 6.18. The number of hydrogen-bond donors (Lipinski definition) is 0. The van der Waals surface area contributed by atoms with Crippen molar-refractivity contribution in [2.24, 2.45) is 0 Å². The van der Waals surface area contributed by atoms with Crippen LogP contribution in [0.2, 0.25) is 0 Å². The molecule has 0 aliphatic heterocycles. The lowest BCUT2D eigenvalue weighted by Gasteiger charge is -1.89. The van der Waals surface area contributed by atoms with E-state index in [4.69, 9.17) is 0 Å². The van der Waals surface area contributed by atoms with Gasteiger partial charge in [-0.1, -0.05) is 85.7 Å². The summed E-state index contributed by atoms with van der Waals surface area (Å²) in [6, 6.07) is 9.23. The summed E-state index contributed by atoms with van der Waals surface area (Å²) in [4.78, 5) is 10.6. The second-order valence-corrected chi connectivity index (χ2v) is 1.92. The highest BCUT2D eigenvalue weighted by Crippen LogP contribution is 1.97. The van der Waals surface area contributed by atoms with E-state index >= 15 is 0 Å². The van der Waals surface area contributed by atoms with Gasteiger partial charge in [0.05, 0.1) is 0 Å². The number of ketones is 1. The molecule has 1 heteroatoms. The van der Waals surface area contributed by atoms with Gasteiger partial charge in [0.25, 0.3) is 0 Å². The van der Waals surface area contributed by atoms with E-state index in [2.05, 4.69) is 0 Å². The van der Waals surface area contributed by atoms with Gasteiger partial charge in [0.2, 0.25) is 0 Å². The minimum Gasteiger partial charge on any atom is -0.295 e. The monoisotopic (exact) mass is 240 g/mol. The standard InChI is InChI=1S/C8H8O.4C2H6/c1-7(9)8-5-3-2-4-6-8;4*1-2/h2-6H,1H3;4*1-2H3.